The van der Waals surface area contributed by atoms with Crippen molar-refractivity contribution in [3.05, 3.63) is 48.0 Å². The number of hydrogen-bond donors (Lipinski definition) is 2. The summed E-state index contributed by atoms with van der Waals surface area (Å²) in [6.07, 6.45) is 16.5. The van der Waals surface area contributed by atoms with Crippen LogP contribution in [0.2, 0.25) is 0 Å². The third-order valence-electron chi connectivity index (χ3n) is 8.70. The molecule has 2 heterocycles. The number of rotatable bonds is 16. The molecule has 7 atom stereocenters. The van der Waals surface area contributed by atoms with Crippen LogP contribution in [0.15, 0.2) is 42.5 Å². The Hall–Kier alpha value is -1.77. The Balaban J connectivity index is 1.39. The molecule has 3 fully saturated rings. The van der Waals surface area contributed by atoms with Crippen molar-refractivity contribution in [3.63, 3.8) is 0 Å². The van der Waals surface area contributed by atoms with Gasteiger partial charge in [-0.25, -0.2) is 0 Å². The van der Waals surface area contributed by atoms with Crippen molar-refractivity contribution in [3.8, 4) is 0 Å². The van der Waals surface area contributed by atoms with Crippen LogP contribution in [0.4, 0.5) is 0 Å². The number of aliphatic carboxylic acids is 1. The van der Waals surface area contributed by atoms with Gasteiger partial charge in [-0.15, -0.1) is 0 Å². The highest BCUT2D eigenvalue weighted by molar-refractivity contribution is 5.66. The second-order valence-electron chi connectivity index (χ2n) is 11.8. The number of ether oxygens (including phenoxy) is 4. The molecule has 0 bridgehead atoms. The Morgan fingerprint density at radius 1 is 0.975 bits per heavy atom. The first-order valence-corrected chi connectivity index (χ1v) is 15.7. The van der Waals surface area contributed by atoms with Crippen LogP contribution >= 0.6 is 0 Å². The highest BCUT2D eigenvalue weighted by Crippen LogP contribution is 2.41. The van der Waals surface area contributed by atoms with Crippen molar-refractivity contribution >= 4 is 5.97 Å². The average Bonchev–Trinajstić information content (AvgIpc) is 3.26. The Bertz CT molecular complexity index is 863. The van der Waals surface area contributed by atoms with Gasteiger partial charge < -0.3 is 29.2 Å². The minimum Gasteiger partial charge on any atom is -0.481 e. The van der Waals surface area contributed by atoms with Gasteiger partial charge in [0.25, 0.3) is 0 Å². The summed E-state index contributed by atoms with van der Waals surface area (Å²) in [5.74, 6) is -0.448. The van der Waals surface area contributed by atoms with Gasteiger partial charge in [0.1, 0.15) is 0 Å². The van der Waals surface area contributed by atoms with Crippen molar-refractivity contribution in [2.24, 2.45) is 11.8 Å². The van der Waals surface area contributed by atoms with Gasteiger partial charge in [0, 0.05) is 26.1 Å². The lowest BCUT2D eigenvalue weighted by atomic mass is 9.85. The van der Waals surface area contributed by atoms with Crippen LogP contribution in [0.1, 0.15) is 95.5 Å². The maximum atomic E-state index is 11.1. The zero-order chi connectivity index (χ0) is 28.0. The molecule has 224 valence electrons. The third kappa shape index (κ3) is 10.6. The molecule has 7 nitrogen and oxygen atoms in total. The number of aliphatic hydroxyl groups excluding tert-OH is 1. The van der Waals surface area contributed by atoms with Crippen molar-refractivity contribution in [1.29, 1.82) is 0 Å². The summed E-state index contributed by atoms with van der Waals surface area (Å²) in [5.41, 5.74) is 1.32. The molecule has 1 aromatic rings. The average molecular weight is 559 g/mol. The maximum Gasteiger partial charge on any atom is 0.303 e. The lowest BCUT2D eigenvalue weighted by Gasteiger charge is -2.32. The van der Waals surface area contributed by atoms with Gasteiger partial charge in [0.2, 0.25) is 0 Å². The van der Waals surface area contributed by atoms with E-state index in [0.717, 1.165) is 90.3 Å². The van der Waals surface area contributed by atoms with Crippen molar-refractivity contribution < 1.29 is 34.0 Å². The molecule has 0 spiro atoms. The lowest BCUT2D eigenvalue weighted by molar-refractivity contribution is -0.200. The molecule has 7 heteroatoms. The molecule has 3 unspecified atom stereocenters. The number of aryl methyl sites for hydroxylation is 1. The van der Waals surface area contributed by atoms with E-state index in [2.05, 4.69) is 42.5 Å². The summed E-state index contributed by atoms with van der Waals surface area (Å²) in [6, 6.07) is 10.6. The molecular weight excluding hydrogens is 508 g/mol. The first kappa shape index (κ1) is 31.2. The molecule has 40 heavy (non-hydrogen) atoms. The smallest absolute Gasteiger partial charge is 0.303 e. The van der Waals surface area contributed by atoms with Crippen LogP contribution in [0.3, 0.4) is 0 Å². The van der Waals surface area contributed by atoms with Crippen LogP contribution in [0.25, 0.3) is 0 Å². The van der Waals surface area contributed by atoms with E-state index in [1.807, 2.05) is 0 Å². The SMILES string of the molecule is O=C(O)CCC/C=C/C[C@@H]1[C@@H](CCC(CCc2ccccc2)OC2CCCCO2)[C@H](OC2CCCCO2)C[C@@H]1O. The molecule has 1 saturated carbocycles. The van der Waals surface area contributed by atoms with Crippen LogP contribution in [0, 0.1) is 11.8 Å². The van der Waals surface area contributed by atoms with Crippen molar-refractivity contribution in [2.75, 3.05) is 13.2 Å². The summed E-state index contributed by atoms with van der Waals surface area (Å²) in [4.78, 5) is 10.8. The predicted octanol–water partition coefficient (Wildman–Crippen LogP) is 6.42. The van der Waals surface area contributed by atoms with Gasteiger partial charge in [-0.2, -0.15) is 0 Å². The molecule has 0 amide bonds. The predicted molar refractivity (Wildman–Crippen MR) is 154 cm³/mol. The second-order valence-corrected chi connectivity index (χ2v) is 11.8. The van der Waals surface area contributed by atoms with Gasteiger partial charge in [-0.1, -0.05) is 42.5 Å². The molecule has 4 rings (SSSR count). The fourth-order valence-corrected chi connectivity index (χ4v) is 6.46. The molecule has 1 aliphatic carbocycles. The van der Waals surface area contributed by atoms with Gasteiger partial charge >= 0.3 is 5.97 Å². The number of benzene rings is 1. The van der Waals surface area contributed by atoms with Crippen molar-refractivity contribution in [2.45, 2.75) is 127 Å². The summed E-state index contributed by atoms with van der Waals surface area (Å²) in [6.45, 7) is 1.51. The second kappa shape index (κ2) is 17.2. The van der Waals surface area contributed by atoms with Gasteiger partial charge in [0.15, 0.2) is 12.6 Å². The Morgan fingerprint density at radius 2 is 1.73 bits per heavy atom. The number of allylic oxidation sites excluding steroid dienone is 2. The number of unbranched alkanes of at least 4 members (excludes halogenated alkanes) is 1. The summed E-state index contributed by atoms with van der Waals surface area (Å²) in [7, 11) is 0. The lowest BCUT2D eigenvalue weighted by Crippen LogP contribution is -2.33. The summed E-state index contributed by atoms with van der Waals surface area (Å²) >= 11 is 0. The Labute approximate surface area is 240 Å². The molecule has 1 aromatic carbocycles. The maximum absolute atomic E-state index is 11.1. The molecule has 2 saturated heterocycles. The number of carboxylic acids is 1. The van der Waals surface area contributed by atoms with E-state index in [1.54, 1.807) is 0 Å². The number of carboxylic acid groups (broad SMARTS) is 1. The zero-order valence-corrected chi connectivity index (χ0v) is 24.0. The third-order valence-corrected chi connectivity index (χ3v) is 8.70. The first-order valence-electron chi connectivity index (χ1n) is 15.7. The van der Waals surface area contributed by atoms with E-state index < -0.39 is 12.1 Å². The highest BCUT2D eigenvalue weighted by atomic mass is 16.7. The van der Waals surface area contributed by atoms with E-state index in [4.69, 9.17) is 24.1 Å². The number of carbonyl (C=O) groups is 1. The van der Waals surface area contributed by atoms with E-state index in [-0.39, 0.29) is 43.0 Å². The van der Waals surface area contributed by atoms with E-state index in [9.17, 15) is 9.90 Å². The van der Waals surface area contributed by atoms with Crippen LogP contribution < -0.4 is 0 Å². The summed E-state index contributed by atoms with van der Waals surface area (Å²) < 4.78 is 24.9. The van der Waals surface area contributed by atoms with Crippen LogP contribution in [-0.4, -0.2) is 60.3 Å². The monoisotopic (exact) mass is 558 g/mol. The summed E-state index contributed by atoms with van der Waals surface area (Å²) in [5, 5.41) is 20.0. The van der Waals surface area contributed by atoms with Gasteiger partial charge in [0.05, 0.1) is 18.3 Å². The highest BCUT2D eigenvalue weighted by Gasteiger charge is 2.43. The molecule has 0 aromatic heterocycles. The Kier molecular flexibility index (Phi) is 13.4. The zero-order valence-electron chi connectivity index (χ0n) is 24.0. The van der Waals surface area contributed by atoms with E-state index in [0.29, 0.717) is 12.8 Å². The minimum absolute atomic E-state index is 0.0378. The fourth-order valence-electron chi connectivity index (χ4n) is 6.46. The number of aliphatic hydroxyl groups is 1. The largest absolute Gasteiger partial charge is 0.481 e. The van der Waals surface area contributed by atoms with E-state index >= 15 is 0 Å². The molecule has 3 aliphatic rings. The Morgan fingerprint density at radius 3 is 2.42 bits per heavy atom. The van der Waals surface area contributed by atoms with Crippen LogP contribution in [-0.2, 0) is 30.2 Å². The first-order chi connectivity index (χ1) is 19.6. The molecular formula is C33H50O7. The van der Waals surface area contributed by atoms with Crippen LogP contribution in [0.5, 0.6) is 0 Å². The quantitative estimate of drug-likeness (QED) is 0.179. The molecule has 2 N–H and O–H groups in total. The molecule has 0 radical (unpaired) electrons. The minimum atomic E-state index is -0.757. The molecule has 2 aliphatic heterocycles. The normalized spacial score (nSPS) is 30.0. The van der Waals surface area contributed by atoms with E-state index in [1.165, 1.54) is 5.56 Å². The fraction of sp³-hybridized carbons (Fsp3) is 0.727. The van der Waals surface area contributed by atoms with Gasteiger partial charge in [-0.05, 0) is 101 Å². The topological polar surface area (TPSA) is 94.5 Å². The number of hydrogen-bond acceptors (Lipinski definition) is 6. The van der Waals surface area contributed by atoms with Crippen molar-refractivity contribution in [1.82, 2.24) is 0 Å². The standard InChI is InChI=1S/C33H50O7/c34-29-24-30(40-33-17-9-11-23-38-33)28(27(29)14-6-1-2-7-15-31(35)36)21-20-26(39-32-16-8-10-22-37-32)19-18-25-12-4-3-5-13-25/h1,3-6,12-13,26-30,32-34H,2,7-11,14-24H2,(H,35,36)/b6-1+/t26?,27-,28-,29+,30-,32?,33?/m1/s1. The van der Waals surface area contributed by atoms with Gasteiger partial charge in [-0.3, -0.25) is 4.79 Å².